The average molecular weight is 297 g/mol. The molecule has 2 aromatic heterocycles. The van der Waals surface area contributed by atoms with Crippen LogP contribution in [0.25, 0.3) is 22.3 Å². The van der Waals surface area contributed by atoms with Gasteiger partial charge in [-0.3, -0.25) is 9.98 Å². The summed E-state index contributed by atoms with van der Waals surface area (Å²) in [5.41, 5.74) is 5.04. The van der Waals surface area contributed by atoms with Crippen LogP contribution in [0, 0.1) is 0 Å². The van der Waals surface area contributed by atoms with E-state index in [1.54, 1.807) is 6.20 Å². The number of nitrogens with one attached hydrogen (secondary N) is 1. The van der Waals surface area contributed by atoms with Crippen LogP contribution in [0.15, 0.2) is 84.0 Å². The topological polar surface area (TPSA) is 41.0 Å². The molecule has 2 heterocycles. The van der Waals surface area contributed by atoms with Crippen LogP contribution >= 0.6 is 0 Å². The number of hydrogen-bond acceptors (Lipinski definition) is 2. The number of fused-ring (bicyclic) bond motifs is 1. The minimum Gasteiger partial charge on any atom is -0.353 e. The van der Waals surface area contributed by atoms with Gasteiger partial charge in [0.1, 0.15) is 0 Å². The number of hydrogen-bond donors (Lipinski definition) is 1. The predicted octanol–water partition coefficient (Wildman–Crippen LogP) is 4.98. The van der Waals surface area contributed by atoms with Crippen molar-refractivity contribution >= 4 is 22.8 Å². The fraction of sp³-hybridized carbons (Fsp3) is 0. The molecule has 0 bridgehead atoms. The number of nitrogens with zero attached hydrogens (tertiary/aromatic N) is 2. The van der Waals surface area contributed by atoms with Gasteiger partial charge in [-0.1, -0.05) is 42.5 Å². The number of pyridine rings is 1. The second-order valence-corrected chi connectivity index (χ2v) is 5.30. The van der Waals surface area contributed by atoms with E-state index in [0.717, 1.165) is 33.5 Å². The molecule has 0 spiro atoms. The van der Waals surface area contributed by atoms with E-state index in [1.165, 1.54) is 0 Å². The maximum atomic E-state index is 4.55. The van der Waals surface area contributed by atoms with Gasteiger partial charge in [0.05, 0.1) is 22.6 Å². The predicted molar refractivity (Wildman–Crippen MR) is 95.2 cm³/mol. The van der Waals surface area contributed by atoms with Gasteiger partial charge in [-0.2, -0.15) is 0 Å². The molecule has 0 aliphatic carbocycles. The molecule has 1 N–H and O–H groups in total. The van der Waals surface area contributed by atoms with Crippen LogP contribution in [0.1, 0.15) is 5.56 Å². The van der Waals surface area contributed by atoms with Gasteiger partial charge in [-0.15, -0.1) is 0 Å². The summed E-state index contributed by atoms with van der Waals surface area (Å²) in [7, 11) is 0. The maximum Gasteiger partial charge on any atom is 0.0864 e. The lowest BCUT2D eigenvalue weighted by Crippen LogP contribution is -1.84. The summed E-state index contributed by atoms with van der Waals surface area (Å²) in [5, 5.41) is 1.16. The lowest BCUT2D eigenvalue weighted by molar-refractivity contribution is 1.29. The van der Waals surface area contributed by atoms with Gasteiger partial charge in [0, 0.05) is 23.4 Å². The Kier molecular flexibility index (Phi) is 3.45. The van der Waals surface area contributed by atoms with Crippen molar-refractivity contribution in [3.8, 4) is 11.4 Å². The highest BCUT2D eigenvalue weighted by Gasteiger charge is 2.06. The van der Waals surface area contributed by atoms with Gasteiger partial charge in [-0.05, 0) is 30.3 Å². The molecule has 23 heavy (non-hydrogen) atoms. The molecule has 2 aromatic carbocycles. The molecular weight excluding hydrogens is 282 g/mol. The summed E-state index contributed by atoms with van der Waals surface area (Å²) in [6, 6.07) is 24.2. The average Bonchev–Trinajstić information content (AvgIpc) is 3.06. The first-order valence-electron chi connectivity index (χ1n) is 7.52. The summed E-state index contributed by atoms with van der Waals surface area (Å²) >= 11 is 0. The van der Waals surface area contributed by atoms with Crippen LogP contribution in [0.4, 0.5) is 5.69 Å². The Bertz CT molecular complexity index is 954. The Balaban J connectivity index is 1.76. The zero-order valence-electron chi connectivity index (χ0n) is 12.5. The van der Waals surface area contributed by atoms with Crippen molar-refractivity contribution in [2.45, 2.75) is 0 Å². The van der Waals surface area contributed by atoms with Crippen molar-refractivity contribution in [3.05, 3.63) is 84.6 Å². The quantitative estimate of drug-likeness (QED) is 0.532. The molecule has 0 atom stereocenters. The van der Waals surface area contributed by atoms with Crippen molar-refractivity contribution in [2.75, 3.05) is 0 Å². The zero-order chi connectivity index (χ0) is 15.5. The van der Waals surface area contributed by atoms with E-state index in [4.69, 9.17) is 0 Å². The van der Waals surface area contributed by atoms with Gasteiger partial charge in [0.15, 0.2) is 0 Å². The molecule has 0 fully saturated rings. The van der Waals surface area contributed by atoms with Crippen molar-refractivity contribution in [3.63, 3.8) is 0 Å². The summed E-state index contributed by atoms with van der Waals surface area (Å²) in [4.78, 5) is 12.4. The molecule has 110 valence electrons. The highest BCUT2D eigenvalue weighted by Crippen LogP contribution is 2.24. The molecule has 4 aromatic rings. The van der Waals surface area contributed by atoms with E-state index < -0.39 is 0 Å². The van der Waals surface area contributed by atoms with Crippen molar-refractivity contribution in [2.24, 2.45) is 4.99 Å². The van der Waals surface area contributed by atoms with Crippen LogP contribution in [0.2, 0.25) is 0 Å². The summed E-state index contributed by atoms with van der Waals surface area (Å²) in [5.74, 6) is 0. The van der Waals surface area contributed by atoms with Crippen LogP contribution in [0.5, 0.6) is 0 Å². The van der Waals surface area contributed by atoms with Crippen molar-refractivity contribution in [1.29, 1.82) is 0 Å². The molecule has 3 nitrogen and oxygen atoms in total. The highest BCUT2D eigenvalue weighted by atomic mass is 14.8. The lowest BCUT2D eigenvalue weighted by atomic mass is 10.1. The Morgan fingerprint density at radius 3 is 2.57 bits per heavy atom. The van der Waals surface area contributed by atoms with E-state index in [2.05, 4.69) is 33.2 Å². The third-order valence-electron chi connectivity index (χ3n) is 3.74. The monoisotopic (exact) mass is 297 g/mol. The maximum absolute atomic E-state index is 4.55. The largest absolute Gasteiger partial charge is 0.353 e. The first-order valence-corrected chi connectivity index (χ1v) is 7.52. The molecule has 0 radical (unpaired) electrons. The number of benzene rings is 2. The number of aliphatic imine (C=N–C) groups is 1. The summed E-state index contributed by atoms with van der Waals surface area (Å²) < 4.78 is 0. The van der Waals surface area contributed by atoms with E-state index in [1.807, 2.05) is 60.8 Å². The third-order valence-corrected chi connectivity index (χ3v) is 3.74. The molecule has 4 rings (SSSR count). The number of para-hydroxylation sites is 2. The summed E-state index contributed by atoms with van der Waals surface area (Å²) in [6.45, 7) is 0. The minimum absolute atomic E-state index is 0.939. The Labute approximate surface area is 134 Å². The van der Waals surface area contributed by atoms with Gasteiger partial charge in [0.2, 0.25) is 0 Å². The van der Waals surface area contributed by atoms with Crippen molar-refractivity contribution in [1.82, 2.24) is 9.97 Å². The van der Waals surface area contributed by atoms with Crippen LogP contribution in [-0.4, -0.2) is 16.2 Å². The van der Waals surface area contributed by atoms with E-state index in [9.17, 15) is 0 Å². The van der Waals surface area contributed by atoms with Crippen LogP contribution in [-0.2, 0) is 0 Å². The molecule has 0 saturated heterocycles. The van der Waals surface area contributed by atoms with E-state index in [0.29, 0.717) is 0 Å². The Morgan fingerprint density at radius 1 is 0.870 bits per heavy atom. The molecule has 0 amide bonds. The SMILES string of the molecule is C(=Nc1ccccc1)c1cccc2cc(-c3ccccn3)[nH]c12. The smallest absolute Gasteiger partial charge is 0.0864 e. The fourth-order valence-corrected chi connectivity index (χ4v) is 2.61. The Hall–Kier alpha value is -3.20. The minimum atomic E-state index is 0.939. The second kappa shape index (κ2) is 5.89. The number of rotatable bonds is 3. The Morgan fingerprint density at radius 2 is 1.74 bits per heavy atom. The third kappa shape index (κ3) is 2.77. The number of aromatic amines is 1. The fourth-order valence-electron chi connectivity index (χ4n) is 2.61. The van der Waals surface area contributed by atoms with E-state index >= 15 is 0 Å². The van der Waals surface area contributed by atoms with E-state index in [-0.39, 0.29) is 0 Å². The molecular formula is C20H15N3. The van der Waals surface area contributed by atoms with Gasteiger partial charge >= 0.3 is 0 Å². The standard InChI is InChI=1S/C20H15N3/c1-2-9-17(10-3-1)22-14-16-8-6-7-15-13-19(23-20(15)16)18-11-4-5-12-21-18/h1-14,23H. The highest BCUT2D eigenvalue weighted by molar-refractivity contribution is 6.00. The van der Waals surface area contributed by atoms with Crippen LogP contribution < -0.4 is 0 Å². The normalized spacial score (nSPS) is 11.3. The van der Waals surface area contributed by atoms with Gasteiger partial charge in [-0.25, -0.2) is 0 Å². The lowest BCUT2D eigenvalue weighted by Gasteiger charge is -1.97. The molecule has 0 unspecified atom stereocenters. The second-order valence-electron chi connectivity index (χ2n) is 5.30. The van der Waals surface area contributed by atoms with Gasteiger partial charge in [0.25, 0.3) is 0 Å². The number of H-pyrrole nitrogens is 1. The molecule has 0 aliphatic rings. The summed E-state index contributed by atoms with van der Waals surface area (Å²) in [6.07, 6.45) is 3.70. The van der Waals surface area contributed by atoms with Gasteiger partial charge < -0.3 is 4.98 Å². The first kappa shape index (κ1) is 13.5. The number of aromatic nitrogens is 2. The molecule has 3 heteroatoms. The van der Waals surface area contributed by atoms with Crippen molar-refractivity contribution < 1.29 is 0 Å². The van der Waals surface area contributed by atoms with Crippen LogP contribution in [0.3, 0.4) is 0 Å². The first-order chi connectivity index (χ1) is 11.4. The zero-order valence-corrected chi connectivity index (χ0v) is 12.5. The molecule has 0 aliphatic heterocycles. The molecule has 0 saturated carbocycles.